The van der Waals surface area contributed by atoms with Gasteiger partial charge in [-0.05, 0) is 24.6 Å². The van der Waals surface area contributed by atoms with Crippen molar-refractivity contribution in [3.8, 4) is 0 Å². The maximum atomic E-state index is 12.2. The van der Waals surface area contributed by atoms with Gasteiger partial charge in [0.15, 0.2) is 14.4 Å². The molecule has 0 aliphatic carbocycles. The first-order chi connectivity index (χ1) is 9.97. The summed E-state index contributed by atoms with van der Waals surface area (Å²) in [4.78, 5) is 24.8. The first-order valence-corrected chi connectivity index (χ1v) is 11.6. The molecule has 0 saturated carbocycles. The SMILES string of the molecule is CC(C)(C)[Si](C)(C)OCC[C@H]1C(=O)N2C(C(=O)O)C(=S)S[C@H]12. The van der Waals surface area contributed by atoms with Crippen LogP contribution in [0.1, 0.15) is 27.2 Å². The van der Waals surface area contributed by atoms with E-state index in [2.05, 4.69) is 33.9 Å². The van der Waals surface area contributed by atoms with E-state index < -0.39 is 20.3 Å². The average Bonchev–Trinajstić information content (AvgIpc) is 2.67. The molecule has 1 unspecified atom stereocenters. The molecular weight excluding hydrogens is 338 g/mol. The van der Waals surface area contributed by atoms with Crippen molar-refractivity contribution in [3.63, 3.8) is 0 Å². The molecule has 0 radical (unpaired) electrons. The fraction of sp³-hybridized carbons (Fsp3) is 0.786. The normalized spacial score (nSPS) is 28.6. The number of β-lactam (4-membered cyclic amide) rings is 1. The van der Waals surface area contributed by atoms with Crippen molar-refractivity contribution >= 4 is 48.4 Å². The molecular formula is C14H23NO4S2Si. The van der Waals surface area contributed by atoms with Gasteiger partial charge in [-0.15, -0.1) is 0 Å². The van der Waals surface area contributed by atoms with E-state index >= 15 is 0 Å². The fourth-order valence-electron chi connectivity index (χ4n) is 2.40. The summed E-state index contributed by atoms with van der Waals surface area (Å²) in [6.07, 6.45) is 0.633. The van der Waals surface area contributed by atoms with E-state index in [1.165, 1.54) is 16.7 Å². The summed E-state index contributed by atoms with van der Waals surface area (Å²) in [6.45, 7) is 11.4. The second-order valence-electron chi connectivity index (χ2n) is 7.32. The number of thiocarbonyl (C=S) groups is 1. The number of fused-ring (bicyclic) bond motifs is 1. The van der Waals surface area contributed by atoms with Gasteiger partial charge in [0.1, 0.15) is 0 Å². The Bertz CT molecular complexity index is 517. The molecule has 2 heterocycles. The predicted molar refractivity (Wildman–Crippen MR) is 93.5 cm³/mol. The van der Waals surface area contributed by atoms with Crippen LogP contribution in [0.3, 0.4) is 0 Å². The van der Waals surface area contributed by atoms with Crippen molar-refractivity contribution < 1.29 is 19.1 Å². The van der Waals surface area contributed by atoms with Crippen molar-refractivity contribution in [2.45, 2.75) is 56.7 Å². The Morgan fingerprint density at radius 3 is 2.55 bits per heavy atom. The summed E-state index contributed by atoms with van der Waals surface area (Å²) in [5, 5.41) is 9.19. The molecule has 2 rings (SSSR count). The second-order valence-corrected chi connectivity index (χ2v) is 14.0. The average molecular weight is 362 g/mol. The zero-order valence-corrected chi connectivity index (χ0v) is 16.2. The van der Waals surface area contributed by atoms with E-state index in [1.54, 1.807) is 0 Å². The third kappa shape index (κ3) is 2.98. The van der Waals surface area contributed by atoms with Crippen molar-refractivity contribution in [2.75, 3.05) is 6.61 Å². The Balaban J connectivity index is 1.91. The molecule has 8 heteroatoms. The lowest BCUT2D eigenvalue weighted by Crippen LogP contribution is -2.61. The highest BCUT2D eigenvalue weighted by Crippen LogP contribution is 2.46. The third-order valence-corrected chi connectivity index (χ3v) is 11.2. The molecule has 0 aromatic rings. The molecule has 2 saturated heterocycles. The van der Waals surface area contributed by atoms with Crippen LogP contribution in [-0.2, 0) is 14.0 Å². The lowest BCUT2D eigenvalue weighted by atomic mass is 9.93. The van der Waals surface area contributed by atoms with Gasteiger partial charge in [0.05, 0.1) is 15.5 Å². The molecule has 0 bridgehead atoms. The molecule has 0 aromatic heterocycles. The number of carbonyl (C=O) groups excluding carboxylic acids is 1. The number of hydrogen-bond acceptors (Lipinski definition) is 5. The zero-order chi connectivity index (χ0) is 16.9. The van der Waals surface area contributed by atoms with Gasteiger partial charge in [-0.2, -0.15) is 0 Å². The van der Waals surface area contributed by atoms with Gasteiger partial charge in [-0.25, -0.2) is 4.79 Å². The number of nitrogens with zero attached hydrogens (tertiary/aromatic N) is 1. The van der Waals surface area contributed by atoms with Gasteiger partial charge in [-0.3, -0.25) is 4.79 Å². The van der Waals surface area contributed by atoms with Gasteiger partial charge in [0.2, 0.25) is 5.91 Å². The Morgan fingerprint density at radius 1 is 1.45 bits per heavy atom. The molecule has 3 atom stereocenters. The minimum atomic E-state index is -1.81. The van der Waals surface area contributed by atoms with Crippen LogP contribution in [0.5, 0.6) is 0 Å². The number of carbonyl (C=O) groups is 2. The van der Waals surface area contributed by atoms with Gasteiger partial charge in [-0.1, -0.05) is 44.8 Å². The number of hydrogen-bond donors (Lipinski definition) is 1. The monoisotopic (exact) mass is 361 g/mol. The molecule has 2 fully saturated rings. The second kappa shape index (κ2) is 5.88. The Labute approximate surface area is 141 Å². The van der Waals surface area contributed by atoms with Crippen LogP contribution >= 0.6 is 24.0 Å². The number of amides is 1. The molecule has 124 valence electrons. The summed E-state index contributed by atoms with van der Waals surface area (Å²) in [5.41, 5.74) is 0. The number of carboxylic acid groups (broad SMARTS) is 1. The first-order valence-electron chi connectivity index (χ1n) is 7.37. The van der Waals surface area contributed by atoms with E-state index in [9.17, 15) is 9.59 Å². The summed E-state index contributed by atoms with van der Waals surface area (Å²) in [6, 6.07) is -0.935. The third-order valence-electron chi connectivity index (χ3n) is 4.86. The molecule has 22 heavy (non-hydrogen) atoms. The van der Waals surface area contributed by atoms with Crippen LogP contribution in [-0.4, -0.2) is 52.4 Å². The first kappa shape index (κ1) is 17.9. The van der Waals surface area contributed by atoms with Crippen molar-refractivity contribution in [1.82, 2.24) is 4.90 Å². The Kier molecular flexibility index (Phi) is 4.79. The minimum Gasteiger partial charge on any atom is -0.479 e. The molecule has 0 aromatic carbocycles. The van der Waals surface area contributed by atoms with E-state index in [4.69, 9.17) is 21.8 Å². The minimum absolute atomic E-state index is 0.108. The Morgan fingerprint density at radius 2 is 2.05 bits per heavy atom. The van der Waals surface area contributed by atoms with Crippen molar-refractivity contribution in [1.29, 1.82) is 0 Å². The van der Waals surface area contributed by atoms with Gasteiger partial charge in [0.25, 0.3) is 0 Å². The molecule has 5 nitrogen and oxygen atoms in total. The van der Waals surface area contributed by atoms with E-state index in [-0.39, 0.29) is 22.2 Å². The fourth-order valence-corrected chi connectivity index (χ4v) is 5.31. The predicted octanol–water partition coefficient (Wildman–Crippen LogP) is 2.71. The van der Waals surface area contributed by atoms with Crippen LogP contribution in [0.15, 0.2) is 0 Å². The van der Waals surface area contributed by atoms with Gasteiger partial charge < -0.3 is 14.4 Å². The van der Waals surface area contributed by atoms with Crippen molar-refractivity contribution in [2.24, 2.45) is 5.92 Å². The standard InChI is InChI=1S/C14H23NO4S2Si/c1-14(2,3)22(4,5)19-7-6-8-10(16)15-9(12(17)18)13(20)21-11(8)15/h8-9,11H,6-7H2,1-5H3,(H,17,18)/t8-,9?,11+/m0/s1. The lowest BCUT2D eigenvalue weighted by Gasteiger charge is -2.43. The summed E-state index contributed by atoms with van der Waals surface area (Å²) in [7, 11) is -1.81. The van der Waals surface area contributed by atoms with Crippen LogP contribution in [0.4, 0.5) is 0 Å². The Hall–Kier alpha value is -0.443. The van der Waals surface area contributed by atoms with Crippen molar-refractivity contribution in [3.05, 3.63) is 0 Å². The highest BCUT2D eigenvalue weighted by atomic mass is 32.2. The van der Waals surface area contributed by atoms with E-state index in [1.807, 2.05) is 0 Å². The largest absolute Gasteiger partial charge is 0.479 e. The zero-order valence-electron chi connectivity index (χ0n) is 13.6. The van der Waals surface area contributed by atoms with E-state index in [0.29, 0.717) is 17.2 Å². The topological polar surface area (TPSA) is 66.8 Å². The highest BCUT2D eigenvalue weighted by Gasteiger charge is 2.58. The molecule has 0 spiro atoms. The van der Waals surface area contributed by atoms with Gasteiger partial charge >= 0.3 is 5.97 Å². The summed E-state index contributed by atoms with van der Waals surface area (Å²) < 4.78 is 6.50. The highest BCUT2D eigenvalue weighted by molar-refractivity contribution is 8.24. The summed E-state index contributed by atoms with van der Waals surface area (Å²) in [5.74, 6) is -1.31. The lowest BCUT2D eigenvalue weighted by molar-refractivity contribution is -0.160. The van der Waals surface area contributed by atoms with Crippen LogP contribution < -0.4 is 0 Å². The van der Waals surface area contributed by atoms with Crippen LogP contribution in [0, 0.1) is 5.92 Å². The van der Waals surface area contributed by atoms with Crippen LogP contribution in [0.25, 0.3) is 0 Å². The molecule has 2 aliphatic rings. The quantitative estimate of drug-likeness (QED) is 0.461. The molecule has 1 amide bonds. The number of aliphatic carboxylic acids is 1. The molecule has 2 aliphatic heterocycles. The molecule has 1 N–H and O–H groups in total. The number of carboxylic acids is 1. The van der Waals surface area contributed by atoms with Gasteiger partial charge in [0, 0.05) is 6.61 Å². The maximum Gasteiger partial charge on any atom is 0.332 e. The van der Waals surface area contributed by atoms with Crippen LogP contribution in [0.2, 0.25) is 18.1 Å². The number of thioether (sulfide) groups is 1. The number of rotatable bonds is 5. The smallest absolute Gasteiger partial charge is 0.332 e. The summed E-state index contributed by atoms with van der Waals surface area (Å²) >= 11 is 6.44. The maximum absolute atomic E-state index is 12.2. The van der Waals surface area contributed by atoms with E-state index in [0.717, 1.165) is 0 Å².